The van der Waals surface area contributed by atoms with Gasteiger partial charge in [-0.1, -0.05) is 30.3 Å². The number of hydrogen-bond acceptors (Lipinski definition) is 5. The molecule has 2 aromatic rings. The van der Waals surface area contributed by atoms with E-state index in [1.165, 1.54) is 0 Å². The molecule has 2 N–H and O–H groups in total. The monoisotopic (exact) mass is 360 g/mol. The van der Waals surface area contributed by atoms with Crippen LogP contribution in [0.3, 0.4) is 0 Å². The number of carboxylic acid groups (broad SMARTS) is 1. The van der Waals surface area contributed by atoms with Crippen molar-refractivity contribution < 1.29 is 19.1 Å². The summed E-state index contributed by atoms with van der Waals surface area (Å²) in [7, 11) is 0. The lowest BCUT2D eigenvalue weighted by Crippen LogP contribution is -2.54. The van der Waals surface area contributed by atoms with E-state index in [9.17, 15) is 14.7 Å². The van der Waals surface area contributed by atoms with E-state index in [4.69, 9.17) is 4.42 Å². The van der Waals surface area contributed by atoms with Gasteiger partial charge in [-0.25, -0.2) is 9.78 Å². The van der Waals surface area contributed by atoms with Gasteiger partial charge in [0.05, 0.1) is 5.69 Å². The first kappa shape index (κ1) is 17.5. The molecule has 0 bridgehead atoms. The lowest BCUT2D eigenvalue weighted by molar-refractivity contribution is -0.146. The van der Waals surface area contributed by atoms with Gasteiger partial charge < -0.3 is 14.8 Å². The minimum absolute atomic E-state index is 0.147. The molecule has 6 nitrogen and oxygen atoms in total. The van der Waals surface area contributed by atoms with Gasteiger partial charge in [0, 0.05) is 24.2 Å². The van der Waals surface area contributed by atoms with Gasteiger partial charge in [-0.2, -0.15) is 11.8 Å². The summed E-state index contributed by atoms with van der Waals surface area (Å²) in [5.74, 6) is 1.07. The second-order valence-corrected chi connectivity index (χ2v) is 7.23. The molecule has 1 atom stereocenters. The van der Waals surface area contributed by atoms with Crippen LogP contribution < -0.4 is 5.32 Å². The molecule has 1 amide bonds. The predicted octanol–water partition coefficient (Wildman–Crippen LogP) is 2.66. The number of aromatic nitrogens is 1. The van der Waals surface area contributed by atoms with Crippen molar-refractivity contribution in [3.8, 4) is 11.3 Å². The third-order valence-corrected chi connectivity index (χ3v) is 5.44. The van der Waals surface area contributed by atoms with Gasteiger partial charge in [-0.15, -0.1) is 0 Å². The quantitative estimate of drug-likeness (QED) is 0.823. The van der Waals surface area contributed by atoms with E-state index in [-0.39, 0.29) is 12.3 Å². The largest absolute Gasteiger partial charge is 0.479 e. The molecule has 0 spiro atoms. The number of nitrogens with zero attached hydrogens (tertiary/aromatic N) is 1. The van der Waals surface area contributed by atoms with Crippen molar-refractivity contribution in [2.24, 2.45) is 0 Å². The maximum atomic E-state index is 12.2. The Morgan fingerprint density at radius 2 is 2.12 bits per heavy atom. The first-order valence-corrected chi connectivity index (χ1v) is 9.29. The summed E-state index contributed by atoms with van der Waals surface area (Å²) in [6.45, 7) is 1.87. The Morgan fingerprint density at radius 3 is 2.76 bits per heavy atom. The molecule has 132 valence electrons. The van der Waals surface area contributed by atoms with Crippen molar-refractivity contribution >= 4 is 23.6 Å². The van der Waals surface area contributed by atoms with Gasteiger partial charge in [0.25, 0.3) is 0 Å². The molecule has 1 unspecified atom stereocenters. The van der Waals surface area contributed by atoms with Crippen LogP contribution in [0.5, 0.6) is 0 Å². The van der Waals surface area contributed by atoms with E-state index in [2.05, 4.69) is 10.3 Å². The molecule has 2 heterocycles. The third-order valence-electron chi connectivity index (χ3n) is 4.25. The molecule has 1 aliphatic heterocycles. The number of oxazole rings is 1. The van der Waals surface area contributed by atoms with Crippen molar-refractivity contribution in [1.82, 2.24) is 10.3 Å². The summed E-state index contributed by atoms with van der Waals surface area (Å²) in [6, 6.07) is 9.67. The lowest BCUT2D eigenvalue weighted by atomic mass is 9.99. The number of carbonyl (C=O) groups excluding carboxylic acids is 1. The normalized spacial score (nSPS) is 19.7. The van der Waals surface area contributed by atoms with E-state index in [1.54, 1.807) is 11.8 Å². The Labute approximate surface area is 150 Å². The fraction of sp³-hybridized carbons (Fsp3) is 0.389. The van der Waals surface area contributed by atoms with E-state index < -0.39 is 11.5 Å². The average molecular weight is 360 g/mol. The van der Waals surface area contributed by atoms with Crippen LogP contribution in [0.25, 0.3) is 11.3 Å². The topological polar surface area (TPSA) is 92.4 Å². The highest BCUT2D eigenvalue weighted by Crippen LogP contribution is 2.28. The summed E-state index contributed by atoms with van der Waals surface area (Å²) >= 11 is 1.54. The number of nitrogens with one attached hydrogen (secondary N) is 1. The fourth-order valence-electron chi connectivity index (χ4n) is 2.85. The fourth-order valence-corrected chi connectivity index (χ4v) is 4.18. The molecule has 0 radical (unpaired) electrons. The van der Waals surface area contributed by atoms with Crippen LogP contribution in [0.4, 0.5) is 0 Å². The van der Waals surface area contributed by atoms with Crippen molar-refractivity contribution in [3.05, 3.63) is 41.9 Å². The number of hydrogen-bond donors (Lipinski definition) is 2. The summed E-state index contributed by atoms with van der Waals surface area (Å²) in [5.41, 5.74) is 0.579. The number of aryl methyl sites for hydroxylation is 2. The number of benzene rings is 1. The average Bonchev–Trinajstić information content (AvgIpc) is 3.21. The standard InChI is InChI=1S/C18H20N2O4S/c1-12-16(13-5-3-2-4-6-13)24-15(19-12)8-7-14(21)20-18(17(22)23)9-10-25-11-18/h2-6H,7-11H2,1H3,(H,20,21)(H,22,23). The van der Waals surface area contributed by atoms with Gasteiger partial charge in [-0.05, 0) is 19.1 Å². The molecule has 1 aromatic carbocycles. The summed E-state index contributed by atoms with van der Waals surface area (Å²) < 4.78 is 5.78. The van der Waals surface area contributed by atoms with Crippen LogP contribution in [0.1, 0.15) is 24.4 Å². The zero-order valence-electron chi connectivity index (χ0n) is 13.9. The Bertz CT molecular complexity index is 767. The highest BCUT2D eigenvalue weighted by atomic mass is 32.2. The zero-order valence-corrected chi connectivity index (χ0v) is 14.8. The SMILES string of the molecule is Cc1nc(CCC(=O)NC2(C(=O)O)CCSC2)oc1-c1ccccc1. The molecule has 0 saturated carbocycles. The number of carbonyl (C=O) groups is 2. The third kappa shape index (κ3) is 3.87. The maximum Gasteiger partial charge on any atom is 0.330 e. The predicted molar refractivity (Wildman–Crippen MR) is 95.4 cm³/mol. The molecular weight excluding hydrogens is 340 g/mol. The van der Waals surface area contributed by atoms with E-state index in [0.29, 0.717) is 30.2 Å². The van der Waals surface area contributed by atoms with Crippen molar-refractivity contribution in [1.29, 1.82) is 0 Å². The van der Waals surface area contributed by atoms with Crippen molar-refractivity contribution in [2.45, 2.75) is 31.7 Å². The van der Waals surface area contributed by atoms with Gasteiger partial charge in [0.15, 0.2) is 11.7 Å². The molecule has 7 heteroatoms. The van der Waals surface area contributed by atoms with Crippen LogP contribution in [0.15, 0.2) is 34.7 Å². The van der Waals surface area contributed by atoms with Crippen LogP contribution >= 0.6 is 11.8 Å². The molecule has 1 fully saturated rings. The van der Waals surface area contributed by atoms with Gasteiger partial charge in [0.1, 0.15) is 5.54 Å². The molecule has 1 saturated heterocycles. The molecule has 0 aliphatic carbocycles. The minimum atomic E-state index is -1.14. The summed E-state index contributed by atoms with van der Waals surface area (Å²) in [4.78, 5) is 28.0. The molecular formula is C18H20N2O4S. The van der Waals surface area contributed by atoms with Crippen LogP contribution in [0, 0.1) is 6.92 Å². The number of aliphatic carboxylic acids is 1. The van der Waals surface area contributed by atoms with Gasteiger partial charge in [0.2, 0.25) is 5.91 Å². The summed E-state index contributed by atoms with van der Waals surface area (Å²) in [6.07, 6.45) is 0.936. The second-order valence-electron chi connectivity index (χ2n) is 6.13. The highest BCUT2D eigenvalue weighted by molar-refractivity contribution is 7.99. The molecule has 1 aromatic heterocycles. The molecule has 3 rings (SSSR count). The van der Waals surface area contributed by atoms with Crippen molar-refractivity contribution in [2.75, 3.05) is 11.5 Å². The van der Waals surface area contributed by atoms with E-state index in [1.807, 2.05) is 37.3 Å². The van der Waals surface area contributed by atoms with Crippen LogP contribution in [-0.4, -0.2) is 39.0 Å². The van der Waals surface area contributed by atoms with E-state index in [0.717, 1.165) is 17.0 Å². The molecule has 25 heavy (non-hydrogen) atoms. The van der Waals surface area contributed by atoms with Crippen molar-refractivity contribution in [3.63, 3.8) is 0 Å². The number of rotatable bonds is 6. The number of amides is 1. The highest BCUT2D eigenvalue weighted by Gasteiger charge is 2.43. The smallest absolute Gasteiger partial charge is 0.330 e. The Kier molecular flexibility index (Phi) is 5.13. The number of carboxylic acids is 1. The lowest BCUT2D eigenvalue weighted by Gasteiger charge is -2.24. The Hall–Kier alpha value is -2.28. The minimum Gasteiger partial charge on any atom is -0.479 e. The van der Waals surface area contributed by atoms with Gasteiger partial charge in [-0.3, -0.25) is 4.79 Å². The van der Waals surface area contributed by atoms with E-state index >= 15 is 0 Å². The maximum absolute atomic E-state index is 12.2. The first-order chi connectivity index (χ1) is 12.0. The van der Waals surface area contributed by atoms with Crippen LogP contribution in [-0.2, 0) is 16.0 Å². The Morgan fingerprint density at radius 1 is 1.36 bits per heavy atom. The second kappa shape index (κ2) is 7.31. The Balaban J connectivity index is 1.62. The summed E-state index contributed by atoms with van der Waals surface area (Å²) in [5, 5.41) is 12.1. The van der Waals surface area contributed by atoms with Crippen LogP contribution in [0.2, 0.25) is 0 Å². The first-order valence-electron chi connectivity index (χ1n) is 8.14. The van der Waals surface area contributed by atoms with Gasteiger partial charge >= 0.3 is 5.97 Å². The number of thioether (sulfide) groups is 1. The molecule has 1 aliphatic rings. The zero-order chi connectivity index (χ0) is 17.9.